The average molecular weight is 280 g/mol. The van der Waals surface area contributed by atoms with Gasteiger partial charge in [0, 0.05) is 0 Å². The van der Waals surface area contributed by atoms with Crippen LogP contribution in [0, 0.1) is 0 Å². The van der Waals surface area contributed by atoms with Crippen LogP contribution in [0.5, 0.6) is 0 Å². The molecule has 0 rings (SSSR count). The fraction of sp³-hybridized carbons (Fsp3) is 1.00. The molecule has 6 heteroatoms. The molecule has 0 aliphatic carbocycles. The first-order valence-electron chi connectivity index (χ1n) is 6.60. The summed E-state index contributed by atoms with van der Waals surface area (Å²) in [4.78, 5) is 20.1. The van der Waals surface area contributed by atoms with E-state index in [9.17, 15) is 0 Å². The third kappa shape index (κ3) is 9.32. The van der Waals surface area contributed by atoms with Crippen molar-refractivity contribution in [3.8, 4) is 0 Å². The van der Waals surface area contributed by atoms with Gasteiger partial charge in [0.1, 0.15) is 11.2 Å². The Kier molecular flexibility index (Phi) is 7.42. The average Bonchev–Trinajstić information content (AvgIpc) is 2.28. The maximum absolute atomic E-state index is 5.08. The molecule has 0 unspecified atom stereocenters. The molecule has 0 bridgehead atoms. The monoisotopic (exact) mass is 280 g/mol. The van der Waals surface area contributed by atoms with Gasteiger partial charge in [0.05, 0.1) is 0 Å². The van der Waals surface area contributed by atoms with Crippen LogP contribution >= 0.6 is 0 Å². The highest BCUT2D eigenvalue weighted by Gasteiger charge is 2.28. The molecular formula is C13H28O6. The molecule has 0 amide bonds. The summed E-state index contributed by atoms with van der Waals surface area (Å²) in [5.74, 6) is -1.16. The van der Waals surface area contributed by atoms with E-state index >= 15 is 0 Å². The Morgan fingerprint density at radius 1 is 0.579 bits per heavy atom. The van der Waals surface area contributed by atoms with Crippen LogP contribution in [0.3, 0.4) is 0 Å². The van der Waals surface area contributed by atoms with Crippen molar-refractivity contribution in [3.05, 3.63) is 0 Å². The van der Waals surface area contributed by atoms with Gasteiger partial charge in [-0.1, -0.05) is 23.9 Å². The Bertz CT molecular complexity index is 226. The SMILES string of the molecule is CCC(C)(C)OOOC(C)(C)OOOC(C)(C)CC. The smallest absolute Gasteiger partial charge is 0.200 e. The molecule has 0 aromatic carbocycles. The third-order valence-corrected chi connectivity index (χ3v) is 2.69. The van der Waals surface area contributed by atoms with Gasteiger partial charge in [-0.3, -0.25) is 0 Å². The topological polar surface area (TPSA) is 55.4 Å². The first kappa shape index (κ1) is 18.8. The summed E-state index contributed by atoms with van der Waals surface area (Å²) in [5.41, 5.74) is -0.866. The molecule has 116 valence electrons. The van der Waals surface area contributed by atoms with Crippen molar-refractivity contribution in [2.75, 3.05) is 0 Å². The van der Waals surface area contributed by atoms with Crippen LogP contribution in [-0.2, 0) is 29.6 Å². The minimum Gasteiger partial charge on any atom is -0.200 e. The van der Waals surface area contributed by atoms with E-state index in [2.05, 4.69) is 0 Å². The molecule has 0 saturated carbocycles. The lowest BCUT2D eigenvalue weighted by molar-refractivity contribution is -0.655. The lowest BCUT2D eigenvalue weighted by Gasteiger charge is -2.26. The summed E-state index contributed by atoms with van der Waals surface area (Å²) in [6.45, 7) is 14.7. The quantitative estimate of drug-likeness (QED) is 0.344. The Morgan fingerprint density at radius 2 is 0.895 bits per heavy atom. The summed E-state index contributed by atoms with van der Waals surface area (Å²) in [6.07, 6.45) is 1.56. The van der Waals surface area contributed by atoms with Gasteiger partial charge >= 0.3 is 0 Å². The fourth-order valence-electron chi connectivity index (χ4n) is 0.514. The van der Waals surface area contributed by atoms with E-state index in [-0.39, 0.29) is 0 Å². The third-order valence-electron chi connectivity index (χ3n) is 2.69. The van der Waals surface area contributed by atoms with Gasteiger partial charge in [-0.2, -0.15) is 9.78 Å². The Balaban J connectivity index is 3.93. The van der Waals surface area contributed by atoms with Gasteiger partial charge in [0.25, 0.3) is 0 Å². The fourth-order valence-corrected chi connectivity index (χ4v) is 0.514. The van der Waals surface area contributed by atoms with E-state index in [0.29, 0.717) is 0 Å². The van der Waals surface area contributed by atoms with Gasteiger partial charge in [0.15, 0.2) is 0 Å². The zero-order chi connectivity index (χ0) is 15.2. The minimum atomic E-state index is -1.16. The second-order valence-corrected chi connectivity index (χ2v) is 6.10. The Hall–Kier alpha value is -0.240. The molecule has 19 heavy (non-hydrogen) atoms. The molecule has 0 aliphatic rings. The van der Waals surface area contributed by atoms with Crippen molar-refractivity contribution >= 4 is 0 Å². The maximum Gasteiger partial charge on any atom is 0.234 e. The van der Waals surface area contributed by atoms with Crippen LogP contribution in [0.15, 0.2) is 0 Å². The molecule has 0 saturated heterocycles. The molecule has 6 nitrogen and oxygen atoms in total. The van der Waals surface area contributed by atoms with Crippen LogP contribution < -0.4 is 0 Å². The molecule has 0 spiro atoms. The lowest BCUT2D eigenvalue weighted by atomic mass is 10.1. The predicted molar refractivity (Wildman–Crippen MR) is 69.3 cm³/mol. The lowest BCUT2D eigenvalue weighted by Crippen LogP contribution is -2.33. The summed E-state index contributed by atoms with van der Waals surface area (Å²) >= 11 is 0. The standard InChI is InChI=1S/C13H28O6/c1-9-11(3,4)14-18-16-13(7,8)17-19-15-12(5,6)10-2/h9-10H2,1-8H3. The molecule has 0 aromatic rings. The minimum absolute atomic E-state index is 0.433. The second-order valence-electron chi connectivity index (χ2n) is 6.10. The van der Waals surface area contributed by atoms with E-state index in [0.717, 1.165) is 12.8 Å². The second kappa shape index (κ2) is 7.52. The highest BCUT2D eigenvalue weighted by Crippen LogP contribution is 2.20. The van der Waals surface area contributed by atoms with E-state index in [1.165, 1.54) is 0 Å². The van der Waals surface area contributed by atoms with Crippen molar-refractivity contribution < 1.29 is 29.6 Å². The molecule has 0 radical (unpaired) electrons. The van der Waals surface area contributed by atoms with Gasteiger partial charge in [0.2, 0.25) is 5.79 Å². The number of hydrogen-bond donors (Lipinski definition) is 0. The normalized spacial score (nSPS) is 13.9. The molecule has 0 fully saturated rings. The van der Waals surface area contributed by atoms with Crippen molar-refractivity contribution in [3.63, 3.8) is 0 Å². The highest BCUT2D eigenvalue weighted by molar-refractivity contribution is 4.62. The number of rotatable bonds is 10. The van der Waals surface area contributed by atoms with Crippen LogP contribution in [0.4, 0.5) is 0 Å². The molecule has 0 aromatic heterocycles. The van der Waals surface area contributed by atoms with Crippen LogP contribution in [-0.4, -0.2) is 17.0 Å². The van der Waals surface area contributed by atoms with Gasteiger partial charge in [-0.15, -0.1) is 0 Å². The first-order chi connectivity index (χ1) is 8.54. The van der Waals surface area contributed by atoms with E-state index in [1.54, 1.807) is 13.8 Å². The van der Waals surface area contributed by atoms with Gasteiger partial charge < -0.3 is 0 Å². The molecule has 0 atom stereocenters. The van der Waals surface area contributed by atoms with Crippen LogP contribution in [0.25, 0.3) is 0 Å². The number of hydrogen-bond acceptors (Lipinski definition) is 6. The van der Waals surface area contributed by atoms with Gasteiger partial charge in [-0.25, -0.2) is 9.78 Å². The molecule has 0 aliphatic heterocycles. The molecule has 0 heterocycles. The Morgan fingerprint density at radius 3 is 1.16 bits per heavy atom. The highest BCUT2D eigenvalue weighted by atomic mass is 17.6. The van der Waals surface area contributed by atoms with E-state index in [4.69, 9.17) is 29.6 Å². The van der Waals surface area contributed by atoms with Crippen molar-refractivity contribution in [1.82, 2.24) is 0 Å². The maximum atomic E-state index is 5.08. The summed E-state index contributed by atoms with van der Waals surface area (Å²) in [7, 11) is 0. The summed E-state index contributed by atoms with van der Waals surface area (Å²) in [5, 5.41) is 9.41. The predicted octanol–water partition coefficient (Wildman–Crippen LogP) is 3.86. The van der Waals surface area contributed by atoms with E-state index in [1.807, 2.05) is 41.5 Å². The van der Waals surface area contributed by atoms with Crippen LogP contribution in [0.2, 0.25) is 0 Å². The largest absolute Gasteiger partial charge is 0.234 e. The first-order valence-corrected chi connectivity index (χ1v) is 6.60. The zero-order valence-electron chi connectivity index (χ0n) is 13.4. The van der Waals surface area contributed by atoms with E-state index < -0.39 is 17.0 Å². The van der Waals surface area contributed by atoms with Crippen LogP contribution in [0.1, 0.15) is 68.2 Å². The van der Waals surface area contributed by atoms with Crippen molar-refractivity contribution in [2.45, 2.75) is 85.2 Å². The van der Waals surface area contributed by atoms with Crippen molar-refractivity contribution in [2.24, 2.45) is 0 Å². The summed E-state index contributed by atoms with van der Waals surface area (Å²) in [6, 6.07) is 0. The Labute approximate surface area is 116 Å². The van der Waals surface area contributed by atoms with Gasteiger partial charge in [-0.05, 0) is 54.4 Å². The molecule has 0 N–H and O–H groups in total. The molecular weight excluding hydrogens is 252 g/mol. The zero-order valence-corrected chi connectivity index (χ0v) is 13.4. The summed E-state index contributed by atoms with van der Waals surface area (Å²) < 4.78 is 0. The van der Waals surface area contributed by atoms with Crippen molar-refractivity contribution in [1.29, 1.82) is 0 Å².